The minimum atomic E-state index is -0.603. The number of hydrogen-bond acceptors (Lipinski definition) is 2. The van der Waals surface area contributed by atoms with Crippen molar-refractivity contribution in [3.8, 4) is 33.6 Å². The molecule has 0 saturated heterocycles. The highest BCUT2D eigenvalue weighted by Gasteiger charge is 2.10. The molecule has 3 aromatic heterocycles. The van der Waals surface area contributed by atoms with Crippen LogP contribution in [0.2, 0.25) is 0 Å². The van der Waals surface area contributed by atoms with Crippen LogP contribution in [0.5, 0.6) is 0 Å². The molecule has 0 aliphatic heterocycles. The van der Waals surface area contributed by atoms with Crippen LogP contribution in [0.4, 0.5) is 8.78 Å². The van der Waals surface area contributed by atoms with Crippen molar-refractivity contribution in [2.24, 2.45) is 0 Å². The largest absolute Gasteiger partial charge is 0.300 e. The Morgan fingerprint density at radius 1 is 0.655 bits per heavy atom. The number of pyridine rings is 2. The Balaban J connectivity index is 1.57. The fourth-order valence-electron chi connectivity index (χ4n) is 3.45. The van der Waals surface area contributed by atoms with Gasteiger partial charge in [0.1, 0.15) is 17.3 Å². The number of rotatable bonds is 3. The molecule has 5 rings (SSSR count). The highest BCUT2D eigenvalue weighted by Crippen LogP contribution is 2.28. The van der Waals surface area contributed by atoms with Gasteiger partial charge < -0.3 is 0 Å². The quantitative estimate of drug-likeness (QED) is 0.382. The normalized spacial score (nSPS) is 11.1. The topological polar surface area (TPSA) is 30.2 Å². The Kier molecular flexibility index (Phi) is 4.13. The van der Waals surface area contributed by atoms with E-state index in [2.05, 4.69) is 9.97 Å². The van der Waals surface area contributed by atoms with E-state index >= 15 is 0 Å². The number of nitrogens with zero attached hydrogens (tertiary/aromatic N) is 3. The van der Waals surface area contributed by atoms with Gasteiger partial charge in [0.2, 0.25) is 0 Å². The van der Waals surface area contributed by atoms with E-state index in [0.29, 0.717) is 16.8 Å². The fraction of sp³-hybridized carbons (Fsp3) is 0. The molecule has 0 radical (unpaired) electrons. The highest BCUT2D eigenvalue weighted by atomic mass is 19.1. The number of imidazole rings is 1. The second-order valence-corrected chi connectivity index (χ2v) is 6.74. The predicted molar refractivity (Wildman–Crippen MR) is 109 cm³/mol. The molecule has 2 aromatic carbocycles. The van der Waals surface area contributed by atoms with Crippen molar-refractivity contribution in [1.29, 1.82) is 0 Å². The van der Waals surface area contributed by atoms with E-state index < -0.39 is 11.6 Å². The van der Waals surface area contributed by atoms with Gasteiger partial charge in [-0.05, 0) is 47.5 Å². The molecule has 0 unspecified atom stereocenters. The summed E-state index contributed by atoms with van der Waals surface area (Å²) in [5.41, 5.74) is 5.69. The van der Waals surface area contributed by atoms with Gasteiger partial charge in [0.15, 0.2) is 0 Å². The van der Waals surface area contributed by atoms with Crippen molar-refractivity contribution in [2.45, 2.75) is 0 Å². The zero-order valence-electron chi connectivity index (χ0n) is 15.3. The van der Waals surface area contributed by atoms with Crippen molar-refractivity contribution >= 4 is 5.65 Å². The Hall–Kier alpha value is -3.86. The summed E-state index contributed by atoms with van der Waals surface area (Å²) in [6.07, 6.45) is 5.43. The predicted octanol–water partition coefficient (Wildman–Crippen LogP) is 6.01. The van der Waals surface area contributed by atoms with Crippen molar-refractivity contribution in [3.05, 3.63) is 103 Å². The Morgan fingerprint density at radius 3 is 2.24 bits per heavy atom. The molecule has 0 aliphatic rings. The van der Waals surface area contributed by atoms with Gasteiger partial charge in [-0.2, -0.15) is 0 Å². The molecular formula is C24H15F2N3. The van der Waals surface area contributed by atoms with Crippen LogP contribution in [-0.4, -0.2) is 14.4 Å². The maximum absolute atomic E-state index is 13.6. The van der Waals surface area contributed by atoms with Gasteiger partial charge in [-0.1, -0.05) is 30.3 Å². The van der Waals surface area contributed by atoms with Gasteiger partial charge in [0.25, 0.3) is 0 Å². The zero-order chi connectivity index (χ0) is 19.8. The molecule has 0 spiro atoms. The van der Waals surface area contributed by atoms with E-state index in [0.717, 1.165) is 28.6 Å². The summed E-state index contributed by atoms with van der Waals surface area (Å²) < 4.78 is 29.1. The van der Waals surface area contributed by atoms with E-state index in [4.69, 9.17) is 0 Å². The summed E-state index contributed by atoms with van der Waals surface area (Å²) in [6, 6.07) is 21.1. The van der Waals surface area contributed by atoms with Crippen LogP contribution in [0.15, 0.2) is 91.4 Å². The smallest absolute Gasteiger partial charge is 0.137 e. The summed E-state index contributed by atoms with van der Waals surface area (Å²) >= 11 is 0. The van der Waals surface area contributed by atoms with E-state index in [1.807, 2.05) is 65.2 Å². The number of aromatic nitrogens is 3. The van der Waals surface area contributed by atoms with E-state index in [-0.39, 0.29) is 0 Å². The zero-order valence-corrected chi connectivity index (χ0v) is 15.3. The summed E-state index contributed by atoms with van der Waals surface area (Å²) in [7, 11) is 0. The molecule has 0 aliphatic carbocycles. The minimum absolute atomic E-state index is 0.477. The number of hydrogen-bond donors (Lipinski definition) is 0. The van der Waals surface area contributed by atoms with Crippen LogP contribution >= 0.6 is 0 Å². The maximum Gasteiger partial charge on any atom is 0.137 e. The van der Waals surface area contributed by atoms with Crippen molar-refractivity contribution in [3.63, 3.8) is 0 Å². The fourth-order valence-corrected chi connectivity index (χ4v) is 3.45. The van der Waals surface area contributed by atoms with Gasteiger partial charge in [0, 0.05) is 29.6 Å². The molecular weight excluding hydrogens is 368 g/mol. The van der Waals surface area contributed by atoms with Gasteiger partial charge in [-0.3, -0.25) is 9.38 Å². The molecule has 140 valence electrons. The van der Waals surface area contributed by atoms with Crippen molar-refractivity contribution in [1.82, 2.24) is 14.4 Å². The lowest BCUT2D eigenvalue weighted by atomic mass is 10.1. The van der Waals surface area contributed by atoms with Gasteiger partial charge in [-0.25, -0.2) is 13.8 Å². The van der Waals surface area contributed by atoms with Crippen LogP contribution in [-0.2, 0) is 0 Å². The molecule has 0 N–H and O–H groups in total. The first kappa shape index (κ1) is 17.3. The third kappa shape index (κ3) is 3.27. The van der Waals surface area contributed by atoms with Crippen LogP contribution in [0.3, 0.4) is 0 Å². The number of fused-ring (bicyclic) bond motifs is 1. The highest BCUT2D eigenvalue weighted by molar-refractivity contribution is 5.73. The summed E-state index contributed by atoms with van der Waals surface area (Å²) in [6.45, 7) is 0. The molecule has 0 bridgehead atoms. The first-order valence-electron chi connectivity index (χ1n) is 9.13. The Bertz CT molecular complexity index is 1310. The average Bonchev–Trinajstić information content (AvgIpc) is 3.17. The Labute approximate surface area is 165 Å². The second kappa shape index (κ2) is 6.95. The lowest BCUT2D eigenvalue weighted by molar-refractivity contribution is 0.584. The molecule has 0 saturated carbocycles. The average molecular weight is 383 g/mol. The van der Waals surface area contributed by atoms with Crippen molar-refractivity contribution < 1.29 is 8.78 Å². The second-order valence-electron chi connectivity index (χ2n) is 6.74. The first-order chi connectivity index (χ1) is 14.2. The molecule has 3 heterocycles. The lowest BCUT2D eigenvalue weighted by Crippen LogP contribution is -1.91. The molecule has 29 heavy (non-hydrogen) atoms. The molecule has 0 fully saturated rings. The van der Waals surface area contributed by atoms with Gasteiger partial charge >= 0.3 is 0 Å². The van der Waals surface area contributed by atoms with E-state index in [1.54, 1.807) is 12.4 Å². The van der Waals surface area contributed by atoms with E-state index in [9.17, 15) is 8.78 Å². The molecule has 0 atom stereocenters. The van der Waals surface area contributed by atoms with Crippen LogP contribution in [0.1, 0.15) is 0 Å². The lowest BCUT2D eigenvalue weighted by Gasteiger charge is -2.07. The van der Waals surface area contributed by atoms with E-state index in [1.165, 1.54) is 12.1 Å². The number of halogens is 2. The third-order valence-corrected chi connectivity index (χ3v) is 4.83. The number of benzene rings is 2. The Morgan fingerprint density at radius 2 is 1.45 bits per heavy atom. The third-order valence-electron chi connectivity index (χ3n) is 4.83. The minimum Gasteiger partial charge on any atom is -0.300 e. The molecule has 3 nitrogen and oxygen atoms in total. The first-order valence-corrected chi connectivity index (χ1v) is 9.13. The van der Waals surface area contributed by atoms with Gasteiger partial charge in [-0.15, -0.1) is 0 Å². The van der Waals surface area contributed by atoms with Crippen molar-refractivity contribution in [2.75, 3.05) is 0 Å². The molecule has 5 heteroatoms. The van der Waals surface area contributed by atoms with Crippen LogP contribution < -0.4 is 0 Å². The maximum atomic E-state index is 13.6. The van der Waals surface area contributed by atoms with Crippen LogP contribution in [0.25, 0.3) is 39.3 Å². The molecule has 5 aromatic rings. The monoisotopic (exact) mass is 383 g/mol. The van der Waals surface area contributed by atoms with Gasteiger partial charge in [0.05, 0.1) is 17.6 Å². The summed E-state index contributed by atoms with van der Waals surface area (Å²) in [4.78, 5) is 8.95. The standard InChI is InChI=1S/C24H15F2N3/c25-20-10-19(11-21(26)14-20)17-7-9-29-23(15-28-24(29)13-17)18-6-8-27-22(12-18)16-4-2-1-3-5-16/h1-15H. The van der Waals surface area contributed by atoms with Crippen LogP contribution in [0, 0.1) is 11.6 Å². The summed E-state index contributed by atoms with van der Waals surface area (Å²) in [5, 5.41) is 0. The SMILES string of the molecule is Fc1cc(F)cc(-c2ccn3c(-c4ccnc(-c5ccccc5)c4)cnc3c2)c1. The molecule has 0 amide bonds. The summed E-state index contributed by atoms with van der Waals surface area (Å²) in [5.74, 6) is -1.21.